The van der Waals surface area contributed by atoms with Crippen molar-refractivity contribution in [3.8, 4) is 0 Å². The molecule has 5 N–H and O–H groups in total. The van der Waals surface area contributed by atoms with Crippen LogP contribution < -0.4 is 11.5 Å². The summed E-state index contributed by atoms with van der Waals surface area (Å²) in [5, 5.41) is 9.17. The molecule has 4 aliphatic carbocycles. The fourth-order valence-electron chi connectivity index (χ4n) is 6.65. The van der Waals surface area contributed by atoms with Crippen LogP contribution in [0.1, 0.15) is 32.6 Å². The lowest BCUT2D eigenvalue weighted by Gasteiger charge is -2.57. The van der Waals surface area contributed by atoms with E-state index >= 15 is 0 Å². The molecule has 1 spiro atoms. The van der Waals surface area contributed by atoms with E-state index in [4.69, 9.17) is 11.5 Å². The highest BCUT2D eigenvalue weighted by atomic mass is 16.4. The molecule has 0 heterocycles. The molecule has 4 aliphatic rings. The first kappa shape index (κ1) is 10.3. The van der Waals surface area contributed by atoms with Gasteiger partial charge in [-0.1, -0.05) is 6.92 Å². The lowest BCUT2D eigenvalue weighted by Crippen LogP contribution is -2.66. The number of rotatable bonds is 2. The summed E-state index contributed by atoms with van der Waals surface area (Å²) in [5.74, 6) is 1.11. The predicted octanol–water partition coefficient (Wildman–Crippen LogP) is 0.552. The summed E-state index contributed by atoms with van der Waals surface area (Å²) >= 11 is 0. The molecule has 0 aromatic rings. The molecule has 0 aromatic carbocycles. The van der Waals surface area contributed by atoms with Crippen LogP contribution in [-0.2, 0) is 4.79 Å². The number of aliphatic carboxylic acids is 1. The average Bonchev–Trinajstić information content (AvgIpc) is 2.68. The minimum Gasteiger partial charge on any atom is -0.481 e. The first-order chi connectivity index (χ1) is 7.92. The summed E-state index contributed by atoms with van der Waals surface area (Å²) in [6, 6.07) is 0.0322. The topological polar surface area (TPSA) is 89.3 Å². The van der Waals surface area contributed by atoms with Gasteiger partial charge in [0.15, 0.2) is 0 Å². The lowest BCUT2D eigenvalue weighted by molar-refractivity contribution is -0.145. The van der Waals surface area contributed by atoms with E-state index in [1.165, 1.54) is 6.42 Å². The highest BCUT2D eigenvalue weighted by Crippen LogP contribution is 2.92. The highest BCUT2D eigenvalue weighted by molar-refractivity contribution is 5.72. The van der Waals surface area contributed by atoms with Crippen molar-refractivity contribution in [1.29, 1.82) is 0 Å². The Balaban J connectivity index is 1.83. The van der Waals surface area contributed by atoms with Crippen molar-refractivity contribution in [2.75, 3.05) is 0 Å². The molecular weight excluding hydrogens is 216 g/mol. The molecule has 4 saturated carbocycles. The van der Waals surface area contributed by atoms with Crippen LogP contribution in [0.3, 0.4) is 0 Å². The van der Waals surface area contributed by atoms with E-state index < -0.39 is 5.97 Å². The SMILES string of the molecule is C[C@H]1[C@@H]2CC[C@]34C(N)[C@]3(CC(=O)O)[C@@](N)(C2)[C@@H]14. The third kappa shape index (κ3) is 0.687. The van der Waals surface area contributed by atoms with Crippen LogP contribution in [-0.4, -0.2) is 22.7 Å². The van der Waals surface area contributed by atoms with E-state index in [0.29, 0.717) is 17.8 Å². The average molecular weight is 236 g/mol. The number of fused-ring (bicyclic) bond motifs is 2. The highest BCUT2D eigenvalue weighted by Gasteiger charge is 2.97. The molecule has 4 fully saturated rings. The van der Waals surface area contributed by atoms with Gasteiger partial charge in [-0.15, -0.1) is 0 Å². The summed E-state index contributed by atoms with van der Waals surface area (Å²) in [7, 11) is 0. The normalized spacial score (nSPS) is 66.1. The number of hydrogen-bond donors (Lipinski definition) is 3. The van der Waals surface area contributed by atoms with Gasteiger partial charge in [-0.05, 0) is 37.0 Å². The van der Waals surface area contributed by atoms with Crippen LogP contribution in [0, 0.1) is 28.6 Å². The molecule has 2 bridgehead atoms. The van der Waals surface area contributed by atoms with Gasteiger partial charge in [-0.3, -0.25) is 4.79 Å². The molecule has 0 aliphatic heterocycles. The van der Waals surface area contributed by atoms with E-state index in [1.807, 2.05) is 0 Å². The Morgan fingerprint density at radius 3 is 2.88 bits per heavy atom. The fraction of sp³-hybridized carbons (Fsp3) is 0.923. The zero-order chi connectivity index (χ0) is 12.2. The van der Waals surface area contributed by atoms with Gasteiger partial charge in [0.05, 0.1) is 6.42 Å². The third-order valence-corrected chi connectivity index (χ3v) is 7.00. The molecule has 4 nitrogen and oxygen atoms in total. The zero-order valence-electron chi connectivity index (χ0n) is 10.1. The monoisotopic (exact) mass is 236 g/mol. The number of nitrogens with two attached hydrogens (primary N) is 2. The minimum atomic E-state index is -0.733. The van der Waals surface area contributed by atoms with Crippen molar-refractivity contribution in [2.45, 2.75) is 44.2 Å². The maximum Gasteiger partial charge on any atom is 0.304 e. The zero-order valence-corrected chi connectivity index (χ0v) is 10.1. The summed E-state index contributed by atoms with van der Waals surface area (Å²) in [6.45, 7) is 2.29. The van der Waals surface area contributed by atoms with Crippen molar-refractivity contribution in [3.05, 3.63) is 0 Å². The fourth-order valence-corrected chi connectivity index (χ4v) is 6.65. The third-order valence-electron chi connectivity index (χ3n) is 7.00. The van der Waals surface area contributed by atoms with Gasteiger partial charge < -0.3 is 16.6 Å². The molecule has 0 amide bonds. The van der Waals surface area contributed by atoms with Crippen LogP contribution >= 0.6 is 0 Å². The Labute approximate surface area is 101 Å². The molecule has 4 rings (SSSR count). The van der Waals surface area contributed by atoms with Crippen LogP contribution in [0.25, 0.3) is 0 Å². The molecule has 17 heavy (non-hydrogen) atoms. The van der Waals surface area contributed by atoms with E-state index in [1.54, 1.807) is 0 Å². The van der Waals surface area contributed by atoms with Crippen LogP contribution in [0.2, 0.25) is 0 Å². The van der Waals surface area contributed by atoms with Gasteiger partial charge in [-0.25, -0.2) is 0 Å². The molecule has 7 atom stereocenters. The standard InChI is InChI=1S/C13H20N2O2/c1-6-7-2-3-11-9(6)13(15,4-7)12(11,10(11)14)5-8(16)17/h6-7,9-10H,2-5,14-15H2,1H3,(H,16,17)/t6-,7+,9-,10?,11-,12-,13+/m0/s1. The molecule has 94 valence electrons. The van der Waals surface area contributed by atoms with Crippen molar-refractivity contribution in [3.63, 3.8) is 0 Å². The second-order valence-electron chi connectivity index (χ2n) is 6.94. The summed E-state index contributed by atoms with van der Waals surface area (Å²) < 4.78 is 0. The Morgan fingerprint density at radius 1 is 1.53 bits per heavy atom. The first-order valence-corrected chi connectivity index (χ1v) is 6.68. The molecule has 4 heteroatoms. The second-order valence-corrected chi connectivity index (χ2v) is 6.94. The first-order valence-electron chi connectivity index (χ1n) is 6.68. The van der Waals surface area contributed by atoms with Crippen molar-refractivity contribution < 1.29 is 9.90 Å². The summed E-state index contributed by atoms with van der Waals surface area (Å²) in [4.78, 5) is 11.2. The Morgan fingerprint density at radius 2 is 2.24 bits per heavy atom. The lowest BCUT2D eigenvalue weighted by atomic mass is 9.49. The number of hydrogen-bond acceptors (Lipinski definition) is 3. The number of carboxylic acids is 1. The van der Waals surface area contributed by atoms with Crippen molar-refractivity contribution >= 4 is 5.97 Å². The second kappa shape index (κ2) is 2.41. The maximum atomic E-state index is 11.2. The van der Waals surface area contributed by atoms with Crippen LogP contribution in [0.4, 0.5) is 0 Å². The van der Waals surface area contributed by atoms with E-state index in [0.717, 1.165) is 12.8 Å². The Hall–Kier alpha value is -0.610. The number of carbonyl (C=O) groups is 1. The largest absolute Gasteiger partial charge is 0.481 e. The Bertz CT molecular complexity index is 431. The van der Waals surface area contributed by atoms with E-state index in [9.17, 15) is 9.90 Å². The van der Waals surface area contributed by atoms with Crippen LogP contribution in [0.5, 0.6) is 0 Å². The quantitative estimate of drug-likeness (QED) is 0.653. The van der Waals surface area contributed by atoms with Crippen molar-refractivity contribution in [2.24, 2.45) is 40.1 Å². The van der Waals surface area contributed by atoms with Gasteiger partial charge in [0, 0.05) is 22.4 Å². The predicted molar refractivity (Wildman–Crippen MR) is 62.0 cm³/mol. The molecular formula is C13H20N2O2. The van der Waals surface area contributed by atoms with Gasteiger partial charge >= 0.3 is 5.97 Å². The van der Waals surface area contributed by atoms with Gasteiger partial charge in [0.2, 0.25) is 0 Å². The summed E-state index contributed by atoms with van der Waals surface area (Å²) in [5.41, 5.74) is 12.5. The maximum absolute atomic E-state index is 11.2. The number of carboxylic acid groups (broad SMARTS) is 1. The molecule has 0 saturated heterocycles. The van der Waals surface area contributed by atoms with Crippen molar-refractivity contribution in [1.82, 2.24) is 0 Å². The van der Waals surface area contributed by atoms with E-state index in [-0.39, 0.29) is 28.8 Å². The smallest absolute Gasteiger partial charge is 0.304 e. The Kier molecular flexibility index (Phi) is 1.46. The minimum absolute atomic E-state index is 0.0322. The molecule has 0 aromatic heterocycles. The van der Waals surface area contributed by atoms with Gasteiger partial charge in [-0.2, -0.15) is 0 Å². The van der Waals surface area contributed by atoms with E-state index in [2.05, 4.69) is 6.92 Å². The van der Waals surface area contributed by atoms with Gasteiger partial charge in [0.25, 0.3) is 0 Å². The molecule has 0 radical (unpaired) electrons. The molecule has 1 unspecified atom stereocenters. The van der Waals surface area contributed by atoms with Gasteiger partial charge in [0.1, 0.15) is 0 Å². The van der Waals surface area contributed by atoms with Crippen LogP contribution in [0.15, 0.2) is 0 Å². The summed E-state index contributed by atoms with van der Waals surface area (Å²) in [6.07, 6.45) is 3.49.